The molecule has 2 aromatic carbocycles. The summed E-state index contributed by atoms with van der Waals surface area (Å²) >= 11 is 0. The molecule has 22 heteroatoms. The van der Waals surface area contributed by atoms with Crippen LogP contribution in [0.5, 0.6) is 11.5 Å². The van der Waals surface area contributed by atoms with E-state index >= 15 is 0 Å². The number of hydrogen-bond acceptors (Lipinski definition) is 14. The van der Waals surface area contributed by atoms with Gasteiger partial charge in [-0.1, -0.05) is 82.3 Å². The number of hydrogen-bond donors (Lipinski definition) is 7. The van der Waals surface area contributed by atoms with Gasteiger partial charge in [-0.15, -0.1) is 10.2 Å². The molecule has 89 heavy (non-hydrogen) atoms. The van der Waals surface area contributed by atoms with Gasteiger partial charge < -0.3 is 55.6 Å². The number of ether oxygens (including phenoxy) is 3. The number of phenols is 1. The fourth-order valence-corrected chi connectivity index (χ4v) is 16.4. The number of halogens is 2. The molecule has 3 unspecified atom stereocenters. The number of phenolic OH excluding ortho intramolecular Hbond substituents is 1. The number of nitrogens with zero attached hydrogens (tertiary/aromatic N) is 5. The molecule has 0 radical (unpaired) electrons. The summed E-state index contributed by atoms with van der Waals surface area (Å²) in [6, 6.07) is 13.9. The second-order valence-corrected chi connectivity index (χ2v) is 27.4. The van der Waals surface area contributed by atoms with Crippen molar-refractivity contribution in [2.24, 2.45) is 11.8 Å². The Bertz CT molecular complexity index is 2930. The monoisotopic (exact) mass is 1240 g/mol. The van der Waals surface area contributed by atoms with E-state index in [-0.39, 0.29) is 111 Å². The molecule has 3 saturated heterocycles. The Hall–Kier alpha value is -5.81. The van der Waals surface area contributed by atoms with Gasteiger partial charge in [0.1, 0.15) is 44.2 Å². The number of fused-ring (bicyclic) bond motifs is 2. The van der Waals surface area contributed by atoms with Crippen LogP contribution in [0.1, 0.15) is 195 Å². The molecule has 1 aromatic heterocycles. The minimum Gasteiger partial charge on any atom is -0.504 e. The fraction of sp³-hybridized carbons (Fsp3) is 0.716. The van der Waals surface area contributed by atoms with Gasteiger partial charge in [0, 0.05) is 93.6 Å². The lowest BCUT2D eigenvalue weighted by Crippen LogP contribution is -2.78. The van der Waals surface area contributed by atoms with Crippen molar-refractivity contribution in [2.45, 2.75) is 227 Å². The predicted molar refractivity (Wildman–Crippen MR) is 328 cm³/mol. The summed E-state index contributed by atoms with van der Waals surface area (Å²) < 4.78 is 47.7. The maximum Gasteiger partial charge on any atom is 0.248 e. The predicted octanol–water partition coefficient (Wildman–Crippen LogP) is 6.75. The Labute approximate surface area is 522 Å². The zero-order valence-electron chi connectivity index (χ0n) is 52.3. The molecular weight excluding hydrogens is 1140 g/mol. The number of piperidine rings is 2. The van der Waals surface area contributed by atoms with Gasteiger partial charge in [0.2, 0.25) is 35.5 Å². The van der Waals surface area contributed by atoms with Crippen LogP contribution in [0.3, 0.4) is 0 Å². The zero-order chi connectivity index (χ0) is 62.3. The third-order valence-electron chi connectivity index (χ3n) is 21.0. The summed E-state index contributed by atoms with van der Waals surface area (Å²) in [6.45, 7) is 7.30. The van der Waals surface area contributed by atoms with Gasteiger partial charge in [-0.2, -0.15) is 0 Å². The molecule has 8 aliphatic rings. The lowest BCUT2D eigenvalue weighted by molar-refractivity contribution is -0.192. The fourth-order valence-electron chi connectivity index (χ4n) is 16.4. The van der Waals surface area contributed by atoms with E-state index < -0.39 is 35.0 Å². The Morgan fingerprint density at radius 1 is 0.730 bits per heavy atom. The Kier molecular flexibility index (Phi) is 20.9. The molecule has 8 atom stereocenters. The van der Waals surface area contributed by atoms with Crippen molar-refractivity contribution in [2.75, 3.05) is 65.7 Å². The highest BCUT2D eigenvalue weighted by Gasteiger charge is 2.73. The standard InChI is InChI=1S/C67H96F2N10O10/c1-43(2)63-76-75-55(79(63)50-36-48-18-19-49(37-50)78(48)33-25-51(45-13-9-8-10-14-45)74-64(85)46-21-26-65(68,69)27-22-46)24-32-72-58(83)41-87-39-56(81)70-30-11-6-4-3-5-7-12-31-71-57(82)40-88-42-59(84)73-52-23-28-67(86)54-35-47-17-20-53(80)61-60(47)66(67,62(52)89-61)29-34-77(54)38-44-15-16-44/h8-10,13-14,17,20,43-44,46,48-52,54,62,80,86H,3-7,11-12,15-16,18-19,21-42H2,1-2H3,(H,70,81)(H,71,82)(H,72,83)(H,73,84)(H,74,85)/t48?,49?,50?,51-,52?,54+,62-,66-,67+/m0/s1. The molecule has 3 aromatic rings. The number of amides is 5. The van der Waals surface area contributed by atoms with Crippen molar-refractivity contribution in [1.82, 2.24) is 51.1 Å². The van der Waals surface area contributed by atoms with E-state index in [1.54, 1.807) is 6.07 Å². The van der Waals surface area contributed by atoms with Crippen LogP contribution < -0.4 is 31.3 Å². The summed E-state index contributed by atoms with van der Waals surface area (Å²) in [7, 11) is 0. The van der Waals surface area contributed by atoms with Gasteiger partial charge in [0.15, 0.2) is 11.5 Å². The van der Waals surface area contributed by atoms with Crippen molar-refractivity contribution in [3.63, 3.8) is 0 Å². The molecule has 5 heterocycles. The largest absolute Gasteiger partial charge is 0.504 e. The van der Waals surface area contributed by atoms with Crippen LogP contribution in [0.25, 0.3) is 0 Å². The Morgan fingerprint density at radius 2 is 1.36 bits per heavy atom. The van der Waals surface area contributed by atoms with Crippen molar-refractivity contribution in [1.29, 1.82) is 0 Å². The third kappa shape index (κ3) is 14.9. The van der Waals surface area contributed by atoms with E-state index in [1.165, 1.54) is 12.8 Å². The minimum absolute atomic E-state index is 0.0446. The van der Waals surface area contributed by atoms with E-state index in [2.05, 4.69) is 65.0 Å². The van der Waals surface area contributed by atoms with Crippen molar-refractivity contribution < 1.29 is 57.2 Å². The first kappa shape index (κ1) is 64.7. The van der Waals surface area contributed by atoms with Crippen LogP contribution in [0.2, 0.25) is 0 Å². The number of unbranched alkanes of at least 4 members (excludes halogenated alkanes) is 6. The molecule has 7 N–H and O–H groups in total. The first-order valence-corrected chi connectivity index (χ1v) is 33.7. The normalized spacial score (nSPS) is 27.1. The van der Waals surface area contributed by atoms with Gasteiger partial charge >= 0.3 is 0 Å². The van der Waals surface area contributed by atoms with Gasteiger partial charge in [-0.05, 0) is 126 Å². The quantitative estimate of drug-likeness (QED) is 0.0320. The smallest absolute Gasteiger partial charge is 0.248 e. The topological polar surface area (TPSA) is 251 Å². The number of nitrogens with one attached hydrogen (secondary N) is 5. The van der Waals surface area contributed by atoms with Gasteiger partial charge in [0.05, 0.1) is 23.1 Å². The SMILES string of the molecule is CC(C)c1nnc(CCNC(=O)COCC(=O)NCCCCCCCCCNC(=O)COCC(=O)NC2CC[C@@]3(O)[C@H]4Cc5ccc(O)c6c5[C@@]3(CCN4CC3CC3)[C@H]2O6)n1C1CC2CCC(C1)N2CC[C@H](NC(=O)C1CCC(F)(F)CC1)c1ccccc1. The molecule has 3 saturated carbocycles. The average Bonchev–Trinajstić information content (AvgIpc) is 1.55. The second kappa shape index (κ2) is 28.8. The van der Waals surface area contributed by atoms with Crippen LogP contribution in [0.4, 0.5) is 8.78 Å². The average molecular weight is 1240 g/mol. The molecule has 1 spiro atoms. The number of aliphatic hydroxyl groups is 1. The summed E-state index contributed by atoms with van der Waals surface area (Å²) in [5.41, 5.74) is 1.28. The maximum atomic E-state index is 13.9. The number of aromatic nitrogens is 3. The van der Waals surface area contributed by atoms with Gasteiger partial charge in [0.25, 0.3) is 0 Å². The molecular formula is C67H96F2N10O10. The van der Waals surface area contributed by atoms with E-state index in [0.29, 0.717) is 75.5 Å². The highest BCUT2D eigenvalue weighted by atomic mass is 19.3. The number of carbonyl (C=O) groups is 5. The minimum atomic E-state index is -2.68. The third-order valence-corrected chi connectivity index (χ3v) is 21.0. The van der Waals surface area contributed by atoms with Crippen molar-refractivity contribution >= 4 is 29.5 Å². The summed E-state index contributed by atoms with van der Waals surface area (Å²) in [5, 5.41) is 47.9. The van der Waals surface area contributed by atoms with E-state index in [0.717, 1.165) is 125 Å². The molecule has 488 valence electrons. The molecule has 6 fully saturated rings. The number of carbonyl (C=O) groups excluding carboxylic acids is 5. The molecule has 4 bridgehead atoms. The van der Waals surface area contributed by atoms with Crippen LogP contribution in [0.15, 0.2) is 42.5 Å². The Morgan fingerprint density at radius 3 is 2.00 bits per heavy atom. The lowest BCUT2D eigenvalue weighted by Gasteiger charge is -2.64. The number of aromatic hydroxyl groups is 1. The molecule has 20 nitrogen and oxygen atoms in total. The number of rotatable bonds is 32. The second-order valence-electron chi connectivity index (χ2n) is 27.4. The number of benzene rings is 2. The number of likely N-dealkylation sites (tertiary alicyclic amines) is 1. The summed E-state index contributed by atoms with van der Waals surface area (Å²) in [6.07, 6.45) is 16.2. The van der Waals surface area contributed by atoms with E-state index in [4.69, 9.17) is 14.2 Å². The highest BCUT2D eigenvalue weighted by molar-refractivity contribution is 5.81. The van der Waals surface area contributed by atoms with Crippen LogP contribution >= 0.6 is 0 Å². The van der Waals surface area contributed by atoms with Crippen LogP contribution in [0, 0.1) is 11.8 Å². The lowest BCUT2D eigenvalue weighted by atomic mass is 9.48. The van der Waals surface area contributed by atoms with E-state index in [1.807, 2.05) is 36.4 Å². The molecule has 4 aliphatic heterocycles. The van der Waals surface area contributed by atoms with Gasteiger partial charge in [-0.3, -0.25) is 33.8 Å². The molecule has 11 rings (SSSR count). The maximum absolute atomic E-state index is 13.9. The zero-order valence-corrected chi connectivity index (χ0v) is 52.3. The first-order valence-electron chi connectivity index (χ1n) is 33.7. The summed E-state index contributed by atoms with van der Waals surface area (Å²) in [4.78, 5) is 69.6. The van der Waals surface area contributed by atoms with Crippen molar-refractivity contribution in [3.8, 4) is 11.5 Å². The van der Waals surface area contributed by atoms with Crippen LogP contribution in [-0.2, 0) is 51.7 Å². The first-order chi connectivity index (χ1) is 43.0. The molecule has 5 amide bonds. The Balaban J connectivity index is 0.509. The van der Waals surface area contributed by atoms with E-state index in [9.17, 15) is 43.0 Å². The number of alkyl halides is 2. The van der Waals surface area contributed by atoms with Crippen molar-refractivity contribution in [3.05, 3.63) is 70.8 Å². The summed E-state index contributed by atoms with van der Waals surface area (Å²) in [5.74, 6) is -1.31. The molecule has 4 aliphatic carbocycles. The van der Waals surface area contributed by atoms with Gasteiger partial charge in [-0.25, -0.2) is 8.78 Å². The van der Waals surface area contributed by atoms with Crippen LogP contribution in [-0.4, -0.2) is 172 Å². The highest BCUT2D eigenvalue weighted by Crippen LogP contribution is 2.65.